The molecule has 3 rings (SSSR count). The molecular weight excluding hydrogens is 242 g/mol. The molecule has 0 aliphatic carbocycles. The second kappa shape index (κ2) is 5.36. The van der Waals surface area contributed by atoms with E-state index in [0.29, 0.717) is 6.54 Å². The van der Waals surface area contributed by atoms with Crippen molar-refractivity contribution in [3.8, 4) is 0 Å². The highest BCUT2D eigenvalue weighted by molar-refractivity contribution is 5.78. The highest BCUT2D eigenvalue weighted by atomic mass is 16.1. The molecule has 0 bridgehead atoms. The summed E-state index contributed by atoms with van der Waals surface area (Å²) in [5.41, 5.74) is 1.76. The summed E-state index contributed by atoms with van der Waals surface area (Å²) >= 11 is 0. The molecule has 1 fully saturated rings. The number of aromatic nitrogens is 3. The molecule has 2 aromatic rings. The van der Waals surface area contributed by atoms with Crippen molar-refractivity contribution in [2.24, 2.45) is 5.92 Å². The van der Waals surface area contributed by atoms with Crippen LogP contribution in [0.3, 0.4) is 0 Å². The maximum Gasteiger partial charge on any atom is 0.224 e. The second-order valence-electron chi connectivity index (χ2n) is 4.82. The lowest BCUT2D eigenvalue weighted by Crippen LogP contribution is -2.40. The largest absolute Gasteiger partial charge is 0.350 e. The minimum Gasteiger partial charge on any atom is -0.350 e. The van der Waals surface area contributed by atoms with E-state index < -0.39 is 0 Å². The van der Waals surface area contributed by atoms with Crippen molar-refractivity contribution in [2.45, 2.75) is 19.4 Å². The van der Waals surface area contributed by atoms with Crippen molar-refractivity contribution < 1.29 is 4.79 Å². The van der Waals surface area contributed by atoms with E-state index in [2.05, 4.69) is 20.6 Å². The molecule has 0 spiro atoms. The predicted octanol–water partition coefficient (Wildman–Crippen LogP) is 0.345. The summed E-state index contributed by atoms with van der Waals surface area (Å²) in [6.45, 7) is 2.30. The summed E-state index contributed by atoms with van der Waals surface area (Å²) in [7, 11) is 0. The molecule has 0 radical (unpaired) electrons. The maximum absolute atomic E-state index is 12.0. The number of fused-ring (bicyclic) bond motifs is 1. The Kier molecular flexibility index (Phi) is 3.41. The molecule has 0 aromatic carbocycles. The van der Waals surface area contributed by atoms with Crippen LogP contribution >= 0.6 is 0 Å². The Morgan fingerprint density at radius 1 is 1.53 bits per heavy atom. The fourth-order valence-electron chi connectivity index (χ4n) is 2.42. The van der Waals surface area contributed by atoms with E-state index in [1.807, 2.05) is 10.6 Å². The minimum atomic E-state index is 0.0922. The molecule has 19 heavy (non-hydrogen) atoms. The van der Waals surface area contributed by atoms with Crippen LogP contribution in [0, 0.1) is 5.92 Å². The predicted molar refractivity (Wildman–Crippen MR) is 70.4 cm³/mol. The van der Waals surface area contributed by atoms with Gasteiger partial charge < -0.3 is 10.6 Å². The molecule has 0 saturated carbocycles. The van der Waals surface area contributed by atoms with Crippen molar-refractivity contribution in [1.29, 1.82) is 0 Å². The molecule has 1 aliphatic heterocycles. The quantitative estimate of drug-likeness (QED) is 0.834. The number of piperidine rings is 1. The molecule has 1 amide bonds. The molecule has 1 unspecified atom stereocenters. The van der Waals surface area contributed by atoms with Gasteiger partial charge in [0.2, 0.25) is 5.91 Å². The third-order valence-electron chi connectivity index (χ3n) is 3.51. The third-order valence-corrected chi connectivity index (χ3v) is 3.51. The number of hydrogen-bond donors (Lipinski definition) is 2. The van der Waals surface area contributed by atoms with Gasteiger partial charge in [-0.25, -0.2) is 4.98 Å². The van der Waals surface area contributed by atoms with Gasteiger partial charge in [0.05, 0.1) is 30.6 Å². The highest BCUT2D eigenvalue weighted by Crippen LogP contribution is 2.10. The zero-order valence-electron chi connectivity index (χ0n) is 10.7. The molecular formula is C13H17N5O. The van der Waals surface area contributed by atoms with Crippen molar-refractivity contribution in [1.82, 2.24) is 25.0 Å². The first-order chi connectivity index (χ1) is 9.34. The van der Waals surface area contributed by atoms with Crippen LogP contribution in [-0.2, 0) is 11.3 Å². The zero-order chi connectivity index (χ0) is 13.1. The van der Waals surface area contributed by atoms with Gasteiger partial charge in [-0.05, 0) is 19.4 Å². The van der Waals surface area contributed by atoms with Gasteiger partial charge in [-0.3, -0.25) is 14.2 Å². The van der Waals surface area contributed by atoms with E-state index in [1.54, 1.807) is 18.6 Å². The van der Waals surface area contributed by atoms with Crippen LogP contribution < -0.4 is 10.6 Å². The molecule has 2 N–H and O–H groups in total. The SMILES string of the molecule is O=C(NCc1cnc2cnccn12)C1CCCNC1. The molecule has 1 aliphatic rings. The summed E-state index contributed by atoms with van der Waals surface area (Å²) in [4.78, 5) is 20.3. The van der Waals surface area contributed by atoms with Gasteiger partial charge in [-0.15, -0.1) is 0 Å². The normalized spacial score (nSPS) is 19.5. The van der Waals surface area contributed by atoms with Gasteiger partial charge in [0, 0.05) is 18.9 Å². The number of nitrogens with zero attached hydrogens (tertiary/aromatic N) is 3. The van der Waals surface area contributed by atoms with Gasteiger partial charge in [-0.2, -0.15) is 0 Å². The van der Waals surface area contributed by atoms with Crippen LogP contribution in [0.2, 0.25) is 0 Å². The first-order valence-electron chi connectivity index (χ1n) is 6.59. The van der Waals surface area contributed by atoms with Crippen LogP contribution in [-0.4, -0.2) is 33.4 Å². The van der Waals surface area contributed by atoms with Crippen LogP contribution in [0.4, 0.5) is 0 Å². The molecule has 6 heteroatoms. The van der Waals surface area contributed by atoms with E-state index in [1.165, 1.54) is 0 Å². The van der Waals surface area contributed by atoms with Crippen LogP contribution in [0.15, 0.2) is 24.8 Å². The van der Waals surface area contributed by atoms with Gasteiger partial charge in [0.1, 0.15) is 0 Å². The lowest BCUT2D eigenvalue weighted by molar-refractivity contribution is -0.125. The zero-order valence-corrected chi connectivity index (χ0v) is 10.7. The van der Waals surface area contributed by atoms with Crippen molar-refractivity contribution >= 4 is 11.6 Å². The summed E-state index contributed by atoms with van der Waals surface area (Å²) in [5.74, 6) is 0.214. The summed E-state index contributed by atoms with van der Waals surface area (Å²) < 4.78 is 1.94. The van der Waals surface area contributed by atoms with E-state index in [4.69, 9.17) is 0 Å². The number of carbonyl (C=O) groups excluding carboxylic acids is 1. The van der Waals surface area contributed by atoms with E-state index in [0.717, 1.165) is 37.3 Å². The van der Waals surface area contributed by atoms with Gasteiger partial charge in [-0.1, -0.05) is 0 Å². The number of carbonyl (C=O) groups is 1. The average molecular weight is 259 g/mol. The Labute approximate surface area is 111 Å². The maximum atomic E-state index is 12.0. The first kappa shape index (κ1) is 12.1. The summed E-state index contributed by atoms with van der Waals surface area (Å²) in [6, 6.07) is 0. The van der Waals surface area contributed by atoms with Crippen molar-refractivity contribution in [3.63, 3.8) is 0 Å². The number of imidazole rings is 1. The number of rotatable bonds is 3. The average Bonchev–Trinajstić information content (AvgIpc) is 2.89. The Balaban J connectivity index is 1.64. The van der Waals surface area contributed by atoms with Crippen LogP contribution in [0.5, 0.6) is 0 Å². The van der Waals surface area contributed by atoms with Crippen LogP contribution in [0.25, 0.3) is 5.65 Å². The molecule has 100 valence electrons. The fourth-order valence-corrected chi connectivity index (χ4v) is 2.42. The van der Waals surface area contributed by atoms with Gasteiger partial charge in [0.15, 0.2) is 5.65 Å². The highest BCUT2D eigenvalue weighted by Gasteiger charge is 2.20. The van der Waals surface area contributed by atoms with Crippen molar-refractivity contribution in [2.75, 3.05) is 13.1 Å². The fraction of sp³-hybridized carbons (Fsp3) is 0.462. The Morgan fingerprint density at radius 3 is 3.32 bits per heavy atom. The summed E-state index contributed by atoms with van der Waals surface area (Å²) in [6.07, 6.45) is 9.08. The Bertz CT molecular complexity index is 573. The van der Waals surface area contributed by atoms with E-state index in [9.17, 15) is 4.79 Å². The Hall–Kier alpha value is -1.95. The molecule has 2 aromatic heterocycles. The van der Waals surface area contributed by atoms with E-state index >= 15 is 0 Å². The first-order valence-corrected chi connectivity index (χ1v) is 6.59. The lowest BCUT2D eigenvalue weighted by atomic mass is 9.99. The monoisotopic (exact) mass is 259 g/mol. The standard InChI is InChI=1S/C13H17N5O/c19-13(10-2-1-3-14-6-10)17-8-11-7-16-12-9-15-4-5-18(11)12/h4-5,7,9-10,14H,1-3,6,8H2,(H,17,19). The van der Waals surface area contributed by atoms with E-state index in [-0.39, 0.29) is 11.8 Å². The molecule has 1 saturated heterocycles. The second-order valence-corrected chi connectivity index (χ2v) is 4.82. The molecule has 1 atom stereocenters. The topological polar surface area (TPSA) is 71.3 Å². The van der Waals surface area contributed by atoms with Crippen molar-refractivity contribution in [3.05, 3.63) is 30.5 Å². The number of nitrogens with one attached hydrogen (secondary N) is 2. The van der Waals surface area contributed by atoms with Gasteiger partial charge in [0.25, 0.3) is 0 Å². The smallest absolute Gasteiger partial charge is 0.224 e. The molecule has 6 nitrogen and oxygen atoms in total. The Morgan fingerprint density at radius 2 is 2.47 bits per heavy atom. The third kappa shape index (κ3) is 2.58. The lowest BCUT2D eigenvalue weighted by Gasteiger charge is -2.21. The van der Waals surface area contributed by atoms with Crippen LogP contribution in [0.1, 0.15) is 18.5 Å². The number of hydrogen-bond acceptors (Lipinski definition) is 4. The molecule has 3 heterocycles. The summed E-state index contributed by atoms with van der Waals surface area (Å²) in [5, 5.41) is 6.24. The van der Waals surface area contributed by atoms with Gasteiger partial charge >= 0.3 is 0 Å². The minimum absolute atomic E-state index is 0.0922. The number of amides is 1.